The topological polar surface area (TPSA) is 38.1 Å². The van der Waals surface area contributed by atoms with Crippen LogP contribution in [0.25, 0.3) is 11.0 Å². The molecule has 1 aromatic carbocycles. The van der Waals surface area contributed by atoms with Crippen LogP contribution < -0.4 is 5.32 Å². The standard InChI is InChI=1S/C13H10ClFN2O/c14-8-3-1-4-9(7-8)16-13-10-5-2-6-11(15)12(10)18-17-13/h2,4-7H,1,3H2,(H,16,17). The first kappa shape index (κ1) is 11.3. The molecule has 0 saturated heterocycles. The van der Waals surface area contributed by atoms with Gasteiger partial charge in [0.15, 0.2) is 11.6 Å². The van der Waals surface area contributed by atoms with Crippen LogP contribution in [0.4, 0.5) is 10.2 Å². The van der Waals surface area contributed by atoms with Crippen molar-refractivity contribution in [3.05, 3.63) is 46.9 Å². The molecule has 3 nitrogen and oxygen atoms in total. The van der Waals surface area contributed by atoms with Gasteiger partial charge in [-0.3, -0.25) is 0 Å². The van der Waals surface area contributed by atoms with Crippen molar-refractivity contribution in [1.82, 2.24) is 5.16 Å². The molecule has 5 heteroatoms. The third-order valence-electron chi connectivity index (χ3n) is 2.77. The Morgan fingerprint density at radius 3 is 3.11 bits per heavy atom. The molecule has 0 aliphatic heterocycles. The quantitative estimate of drug-likeness (QED) is 0.884. The van der Waals surface area contributed by atoms with Gasteiger partial charge in [-0.2, -0.15) is 0 Å². The lowest BCUT2D eigenvalue weighted by Crippen LogP contribution is -2.00. The van der Waals surface area contributed by atoms with E-state index in [1.165, 1.54) is 6.07 Å². The molecule has 0 radical (unpaired) electrons. The number of para-hydroxylation sites is 1. The maximum Gasteiger partial charge on any atom is 0.204 e. The van der Waals surface area contributed by atoms with E-state index in [9.17, 15) is 4.39 Å². The van der Waals surface area contributed by atoms with Crippen molar-refractivity contribution in [2.24, 2.45) is 0 Å². The largest absolute Gasteiger partial charge is 0.351 e. The Bertz CT molecular complexity index is 660. The molecule has 1 aliphatic carbocycles. The van der Waals surface area contributed by atoms with Crippen LogP contribution >= 0.6 is 11.6 Å². The molecular formula is C13H10ClFN2O. The van der Waals surface area contributed by atoms with E-state index in [1.807, 2.05) is 12.2 Å². The lowest BCUT2D eigenvalue weighted by atomic mass is 10.1. The fraction of sp³-hybridized carbons (Fsp3) is 0.154. The number of nitrogens with zero attached hydrogens (tertiary/aromatic N) is 1. The van der Waals surface area contributed by atoms with Gasteiger partial charge in [0, 0.05) is 10.7 Å². The Balaban J connectivity index is 1.96. The number of allylic oxidation sites excluding steroid dienone is 3. The molecule has 92 valence electrons. The summed E-state index contributed by atoms with van der Waals surface area (Å²) in [7, 11) is 0. The molecule has 0 fully saturated rings. The number of hydrogen-bond acceptors (Lipinski definition) is 3. The second-order valence-corrected chi connectivity index (χ2v) is 4.55. The second-order valence-electron chi connectivity index (χ2n) is 4.06. The lowest BCUT2D eigenvalue weighted by Gasteiger charge is -2.09. The molecule has 0 bridgehead atoms. The second kappa shape index (κ2) is 4.46. The van der Waals surface area contributed by atoms with Gasteiger partial charge in [-0.25, -0.2) is 4.39 Å². The summed E-state index contributed by atoms with van der Waals surface area (Å²) in [6.45, 7) is 0. The molecule has 1 aromatic heterocycles. The highest BCUT2D eigenvalue weighted by molar-refractivity contribution is 6.29. The van der Waals surface area contributed by atoms with Crippen LogP contribution in [-0.2, 0) is 0 Å². The first-order chi connectivity index (χ1) is 8.74. The number of benzene rings is 1. The van der Waals surface area contributed by atoms with Crippen molar-refractivity contribution in [2.45, 2.75) is 12.8 Å². The van der Waals surface area contributed by atoms with Gasteiger partial charge in [0.1, 0.15) is 0 Å². The van der Waals surface area contributed by atoms with Gasteiger partial charge in [0.25, 0.3) is 0 Å². The summed E-state index contributed by atoms with van der Waals surface area (Å²) in [5.74, 6) is 0.0811. The minimum Gasteiger partial charge on any atom is -0.351 e. The van der Waals surface area contributed by atoms with Crippen LogP contribution in [0.3, 0.4) is 0 Å². The molecule has 1 heterocycles. The Morgan fingerprint density at radius 1 is 1.39 bits per heavy atom. The van der Waals surface area contributed by atoms with Crippen molar-refractivity contribution in [2.75, 3.05) is 5.32 Å². The molecule has 3 rings (SSSR count). The van der Waals surface area contributed by atoms with Gasteiger partial charge < -0.3 is 9.84 Å². The molecule has 1 aliphatic rings. The smallest absolute Gasteiger partial charge is 0.204 e. The molecule has 0 atom stereocenters. The van der Waals surface area contributed by atoms with Crippen LogP contribution in [-0.4, -0.2) is 5.16 Å². The maximum absolute atomic E-state index is 13.4. The van der Waals surface area contributed by atoms with Crippen LogP contribution in [0, 0.1) is 5.82 Å². The van der Waals surface area contributed by atoms with E-state index >= 15 is 0 Å². The fourth-order valence-electron chi connectivity index (χ4n) is 1.91. The van der Waals surface area contributed by atoms with E-state index in [0.717, 1.165) is 23.6 Å². The van der Waals surface area contributed by atoms with Crippen LogP contribution in [0.1, 0.15) is 12.8 Å². The highest BCUT2D eigenvalue weighted by Gasteiger charge is 2.13. The van der Waals surface area contributed by atoms with Gasteiger partial charge in [-0.05, 0) is 31.1 Å². The number of hydrogen-bond donors (Lipinski definition) is 1. The molecule has 0 saturated carbocycles. The Morgan fingerprint density at radius 2 is 2.28 bits per heavy atom. The average Bonchev–Trinajstić information content (AvgIpc) is 2.74. The van der Waals surface area contributed by atoms with E-state index in [0.29, 0.717) is 11.2 Å². The van der Waals surface area contributed by atoms with Crippen LogP contribution in [0.5, 0.6) is 0 Å². The fourth-order valence-corrected chi connectivity index (χ4v) is 2.13. The number of aromatic nitrogens is 1. The minimum atomic E-state index is -0.417. The normalized spacial score (nSPS) is 15.4. The van der Waals surface area contributed by atoms with Crippen molar-refractivity contribution in [1.29, 1.82) is 0 Å². The zero-order valence-electron chi connectivity index (χ0n) is 9.41. The van der Waals surface area contributed by atoms with E-state index < -0.39 is 5.82 Å². The van der Waals surface area contributed by atoms with Gasteiger partial charge >= 0.3 is 0 Å². The Hall–Kier alpha value is -1.81. The van der Waals surface area contributed by atoms with Crippen molar-refractivity contribution in [3.8, 4) is 0 Å². The molecule has 0 amide bonds. The maximum atomic E-state index is 13.4. The zero-order valence-corrected chi connectivity index (χ0v) is 10.2. The van der Waals surface area contributed by atoms with Crippen LogP contribution in [0.15, 0.2) is 45.6 Å². The number of nitrogens with one attached hydrogen (secondary N) is 1. The number of halogens is 2. The highest BCUT2D eigenvalue weighted by Crippen LogP contribution is 2.27. The first-order valence-electron chi connectivity index (χ1n) is 5.61. The lowest BCUT2D eigenvalue weighted by molar-refractivity contribution is 0.443. The molecule has 0 unspecified atom stereocenters. The monoisotopic (exact) mass is 264 g/mol. The Labute approximate surface area is 108 Å². The predicted octanol–water partition coefficient (Wildman–Crippen LogP) is 4.18. The Kier molecular flexibility index (Phi) is 2.80. The van der Waals surface area contributed by atoms with Gasteiger partial charge in [-0.1, -0.05) is 28.9 Å². The third kappa shape index (κ3) is 1.99. The average molecular weight is 265 g/mol. The summed E-state index contributed by atoms with van der Waals surface area (Å²) in [4.78, 5) is 0. The van der Waals surface area contributed by atoms with Gasteiger partial charge in [0.05, 0.1) is 5.39 Å². The number of rotatable bonds is 2. The van der Waals surface area contributed by atoms with Crippen molar-refractivity contribution >= 4 is 28.4 Å². The SMILES string of the molecule is Fc1cccc2c(NC3=CCCC(Cl)=C3)noc12. The molecule has 1 N–H and O–H groups in total. The van der Waals surface area contributed by atoms with E-state index in [1.54, 1.807) is 12.1 Å². The van der Waals surface area contributed by atoms with Crippen molar-refractivity contribution in [3.63, 3.8) is 0 Å². The predicted molar refractivity (Wildman–Crippen MR) is 68.8 cm³/mol. The molecule has 18 heavy (non-hydrogen) atoms. The summed E-state index contributed by atoms with van der Waals surface area (Å²) < 4.78 is 18.4. The molecule has 2 aromatic rings. The van der Waals surface area contributed by atoms with Gasteiger partial charge in [0.2, 0.25) is 5.58 Å². The van der Waals surface area contributed by atoms with Crippen molar-refractivity contribution < 1.29 is 8.91 Å². The minimum absolute atomic E-state index is 0.159. The highest BCUT2D eigenvalue weighted by atomic mass is 35.5. The summed E-state index contributed by atoms with van der Waals surface area (Å²) in [6, 6.07) is 4.72. The first-order valence-corrected chi connectivity index (χ1v) is 5.99. The van der Waals surface area contributed by atoms with E-state index in [-0.39, 0.29) is 5.58 Å². The van der Waals surface area contributed by atoms with E-state index in [4.69, 9.17) is 16.1 Å². The van der Waals surface area contributed by atoms with Gasteiger partial charge in [-0.15, -0.1) is 0 Å². The molecular weight excluding hydrogens is 255 g/mol. The number of anilines is 1. The van der Waals surface area contributed by atoms with Crippen LogP contribution in [0.2, 0.25) is 0 Å². The third-order valence-corrected chi connectivity index (χ3v) is 3.07. The summed E-state index contributed by atoms with van der Waals surface area (Å²) in [5.41, 5.74) is 1.01. The number of fused-ring (bicyclic) bond motifs is 1. The summed E-state index contributed by atoms with van der Waals surface area (Å²) >= 11 is 5.97. The van der Waals surface area contributed by atoms with E-state index in [2.05, 4.69) is 10.5 Å². The summed E-state index contributed by atoms with van der Waals surface area (Å²) in [6.07, 6.45) is 5.58. The summed E-state index contributed by atoms with van der Waals surface area (Å²) in [5, 5.41) is 8.33. The molecule has 0 spiro atoms. The zero-order chi connectivity index (χ0) is 12.5.